The molecule has 88 valence electrons. The Morgan fingerprint density at radius 1 is 1.44 bits per heavy atom. The van der Waals surface area contributed by atoms with E-state index in [9.17, 15) is 4.79 Å². The summed E-state index contributed by atoms with van der Waals surface area (Å²) in [6.45, 7) is 3.64. The van der Waals surface area contributed by atoms with Crippen molar-refractivity contribution >= 4 is 5.97 Å². The second kappa shape index (κ2) is 6.05. The topological polar surface area (TPSA) is 72.3 Å². The standard InChI is InChI=1S/C11H16N2O3/c1-3-5-8-6-10(16-7-11(14)15)13-9(4-2)12-8/h6H,3-5,7H2,1-2H3,(H,14,15). The Bertz CT molecular complexity index is 366. The second-order valence-electron chi connectivity index (χ2n) is 3.40. The monoisotopic (exact) mass is 224 g/mol. The molecule has 0 spiro atoms. The summed E-state index contributed by atoms with van der Waals surface area (Å²) in [6.07, 6.45) is 2.54. The van der Waals surface area contributed by atoms with E-state index in [1.54, 1.807) is 6.07 Å². The van der Waals surface area contributed by atoms with Crippen LogP contribution >= 0.6 is 0 Å². The number of carboxylic acid groups (broad SMARTS) is 1. The quantitative estimate of drug-likeness (QED) is 0.791. The van der Waals surface area contributed by atoms with Crippen molar-refractivity contribution in [1.82, 2.24) is 9.97 Å². The van der Waals surface area contributed by atoms with Gasteiger partial charge in [0.05, 0.1) is 0 Å². The Morgan fingerprint density at radius 3 is 2.75 bits per heavy atom. The van der Waals surface area contributed by atoms with Gasteiger partial charge in [0.25, 0.3) is 0 Å². The normalized spacial score (nSPS) is 10.1. The summed E-state index contributed by atoms with van der Waals surface area (Å²) in [5.74, 6) is 0.0257. The molecule has 0 saturated heterocycles. The lowest BCUT2D eigenvalue weighted by Gasteiger charge is -2.06. The number of ether oxygens (including phenoxy) is 1. The number of hydrogen-bond donors (Lipinski definition) is 1. The fourth-order valence-electron chi connectivity index (χ4n) is 1.28. The summed E-state index contributed by atoms with van der Waals surface area (Å²) in [4.78, 5) is 18.8. The second-order valence-corrected chi connectivity index (χ2v) is 3.40. The van der Waals surface area contributed by atoms with Crippen molar-refractivity contribution in [3.8, 4) is 5.88 Å². The minimum absolute atomic E-state index is 0.345. The van der Waals surface area contributed by atoms with E-state index in [0.29, 0.717) is 18.1 Å². The fraction of sp³-hybridized carbons (Fsp3) is 0.545. The molecule has 0 bridgehead atoms. The summed E-state index contributed by atoms with van der Waals surface area (Å²) in [5.41, 5.74) is 0.898. The van der Waals surface area contributed by atoms with Crippen molar-refractivity contribution < 1.29 is 14.6 Å². The third-order valence-electron chi connectivity index (χ3n) is 1.97. The van der Waals surface area contributed by atoms with Crippen LogP contribution in [0.1, 0.15) is 31.8 Å². The molecule has 16 heavy (non-hydrogen) atoms. The van der Waals surface area contributed by atoms with E-state index in [4.69, 9.17) is 9.84 Å². The molecule has 0 atom stereocenters. The summed E-state index contributed by atoms with van der Waals surface area (Å²) >= 11 is 0. The van der Waals surface area contributed by atoms with Crippen LogP contribution in [0.3, 0.4) is 0 Å². The molecule has 0 aliphatic heterocycles. The van der Waals surface area contributed by atoms with Gasteiger partial charge in [0.15, 0.2) is 6.61 Å². The smallest absolute Gasteiger partial charge is 0.341 e. The lowest BCUT2D eigenvalue weighted by molar-refractivity contribution is -0.139. The number of rotatable bonds is 6. The van der Waals surface area contributed by atoms with Gasteiger partial charge in [-0.1, -0.05) is 20.3 Å². The predicted molar refractivity (Wildman–Crippen MR) is 58.5 cm³/mol. The van der Waals surface area contributed by atoms with E-state index in [1.807, 2.05) is 6.92 Å². The van der Waals surface area contributed by atoms with Crippen LogP contribution in [-0.2, 0) is 17.6 Å². The molecular weight excluding hydrogens is 208 g/mol. The molecule has 5 nitrogen and oxygen atoms in total. The number of nitrogens with zero attached hydrogens (tertiary/aromatic N) is 2. The van der Waals surface area contributed by atoms with Crippen molar-refractivity contribution in [2.75, 3.05) is 6.61 Å². The molecule has 0 aliphatic rings. The average Bonchev–Trinajstić information content (AvgIpc) is 2.26. The minimum atomic E-state index is -1.01. The first-order valence-corrected chi connectivity index (χ1v) is 5.37. The first-order valence-electron chi connectivity index (χ1n) is 5.37. The fourth-order valence-corrected chi connectivity index (χ4v) is 1.28. The lowest BCUT2D eigenvalue weighted by atomic mass is 10.2. The number of carboxylic acids is 1. The van der Waals surface area contributed by atoms with Gasteiger partial charge in [0.2, 0.25) is 5.88 Å². The van der Waals surface area contributed by atoms with Crippen LogP contribution in [0.4, 0.5) is 0 Å². The van der Waals surface area contributed by atoms with E-state index < -0.39 is 5.97 Å². The van der Waals surface area contributed by atoms with Gasteiger partial charge in [-0.15, -0.1) is 0 Å². The Morgan fingerprint density at radius 2 is 2.19 bits per heavy atom. The van der Waals surface area contributed by atoms with Crippen molar-refractivity contribution in [2.24, 2.45) is 0 Å². The Hall–Kier alpha value is -1.65. The molecule has 0 saturated carbocycles. The van der Waals surface area contributed by atoms with E-state index in [0.717, 1.165) is 18.5 Å². The van der Waals surface area contributed by atoms with Crippen molar-refractivity contribution in [3.63, 3.8) is 0 Å². The molecule has 0 unspecified atom stereocenters. The van der Waals surface area contributed by atoms with Crippen LogP contribution in [0.5, 0.6) is 5.88 Å². The molecule has 0 radical (unpaired) electrons. The van der Waals surface area contributed by atoms with Crippen molar-refractivity contribution in [1.29, 1.82) is 0 Å². The number of aryl methyl sites for hydroxylation is 2. The van der Waals surface area contributed by atoms with Gasteiger partial charge in [-0.3, -0.25) is 0 Å². The summed E-state index contributed by atoms with van der Waals surface area (Å²) in [7, 11) is 0. The zero-order valence-electron chi connectivity index (χ0n) is 9.56. The molecule has 1 N–H and O–H groups in total. The van der Waals surface area contributed by atoms with E-state index in [-0.39, 0.29) is 6.61 Å². The van der Waals surface area contributed by atoms with Crippen molar-refractivity contribution in [2.45, 2.75) is 33.1 Å². The Balaban J connectivity index is 2.81. The third-order valence-corrected chi connectivity index (χ3v) is 1.97. The number of aromatic nitrogens is 2. The zero-order valence-corrected chi connectivity index (χ0v) is 9.56. The minimum Gasteiger partial charge on any atom is -0.479 e. The predicted octanol–water partition coefficient (Wildman–Crippen LogP) is 1.45. The number of hydrogen-bond acceptors (Lipinski definition) is 4. The Labute approximate surface area is 94.5 Å². The van der Waals surface area contributed by atoms with Gasteiger partial charge >= 0.3 is 5.97 Å². The highest BCUT2D eigenvalue weighted by atomic mass is 16.5. The van der Waals surface area contributed by atoms with Crippen LogP contribution in [0.15, 0.2) is 6.07 Å². The first-order chi connectivity index (χ1) is 7.65. The van der Waals surface area contributed by atoms with Gasteiger partial charge in [0, 0.05) is 18.2 Å². The van der Waals surface area contributed by atoms with Gasteiger partial charge in [-0.05, 0) is 6.42 Å². The molecular formula is C11H16N2O3. The highest BCUT2D eigenvalue weighted by molar-refractivity contribution is 5.68. The van der Waals surface area contributed by atoms with E-state index in [2.05, 4.69) is 16.9 Å². The largest absolute Gasteiger partial charge is 0.479 e. The molecule has 0 amide bonds. The van der Waals surface area contributed by atoms with Crippen LogP contribution in [0.25, 0.3) is 0 Å². The summed E-state index contributed by atoms with van der Waals surface area (Å²) in [5, 5.41) is 8.51. The maximum Gasteiger partial charge on any atom is 0.341 e. The van der Waals surface area contributed by atoms with E-state index in [1.165, 1.54) is 0 Å². The third kappa shape index (κ3) is 3.84. The summed E-state index contributed by atoms with van der Waals surface area (Å²) < 4.78 is 5.05. The van der Waals surface area contributed by atoms with Crippen LogP contribution in [0, 0.1) is 0 Å². The molecule has 1 aromatic rings. The van der Waals surface area contributed by atoms with Crippen LogP contribution < -0.4 is 4.74 Å². The highest BCUT2D eigenvalue weighted by Crippen LogP contribution is 2.11. The van der Waals surface area contributed by atoms with Gasteiger partial charge in [-0.25, -0.2) is 9.78 Å². The SMILES string of the molecule is CCCc1cc(OCC(=O)O)nc(CC)n1. The van der Waals surface area contributed by atoms with Gasteiger partial charge in [-0.2, -0.15) is 4.98 Å². The first kappa shape index (κ1) is 12.4. The molecule has 1 aromatic heterocycles. The molecule has 0 fully saturated rings. The molecule has 0 aromatic carbocycles. The van der Waals surface area contributed by atoms with Gasteiger partial charge < -0.3 is 9.84 Å². The molecule has 5 heteroatoms. The molecule has 1 rings (SSSR count). The van der Waals surface area contributed by atoms with Crippen LogP contribution in [0.2, 0.25) is 0 Å². The number of aliphatic carboxylic acids is 1. The molecule has 1 heterocycles. The van der Waals surface area contributed by atoms with Gasteiger partial charge in [0.1, 0.15) is 5.82 Å². The van der Waals surface area contributed by atoms with E-state index >= 15 is 0 Å². The maximum absolute atomic E-state index is 10.4. The zero-order chi connectivity index (χ0) is 12.0. The summed E-state index contributed by atoms with van der Waals surface area (Å²) in [6, 6.07) is 1.70. The maximum atomic E-state index is 10.4. The average molecular weight is 224 g/mol. The highest BCUT2D eigenvalue weighted by Gasteiger charge is 2.05. The van der Waals surface area contributed by atoms with Crippen molar-refractivity contribution in [3.05, 3.63) is 17.6 Å². The lowest BCUT2D eigenvalue weighted by Crippen LogP contribution is -2.11. The number of carbonyl (C=O) groups is 1. The Kier molecular flexibility index (Phi) is 4.69. The molecule has 0 aliphatic carbocycles. The van der Waals surface area contributed by atoms with Crippen LogP contribution in [-0.4, -0.2) is 27.7 Å².